The number of benzene rings is 1. The maximum atomic E-state index is 13.2. The minimum atomic E-state index is -0.221. The van der Waals surface area contributed by atoms with E-state index in [1.807, 2.05) is 12.1 Å². The molecule has 0 spiro atoms. The molecule has 0 amide bonds. The van der Waals surface area contributed by atoms with E-state index < -0.39 is 0 Å². The Bertz CT molecular complexity index is 413. The first-order valence-corrected chi connectivity index (χ1v) is 7.15. The molecule has 1 aliphatic rings. The second-order valence-electron chi connectivity index (χ2n) is 4.87. The van der Waals surface area contributed by atoms with Gasteiger partial charge in [0.25, 0.3) is 0 Å². The molecule has 3 atom stereocenters. The van der Waals surface area contributed by atoms with Crippen LogP contribution in [0.25, 0.3) is 0 Å². The molecule has 0 aromatic heterocycles. The summed E-state index contributed by atoms with van der Waals surface area (Å²) in [6.45, 7) is 2.10. The van der Waals surface area contributed by atoms with Crippen LogP contribution in [0.3, 0.4) is 0 Å². The van der Waals surface area contributed by atoms with Gasteiger partial charge in [-0.2, -0.15) is 0 Å². The van der Waals surface area contributed by atoms with Gasteiger partial charge in [0.05, 0.1) is 10.6 Å². The minimum absolute atomic E-state index is 0.197. The molecule has 1 fully saturated rings. The summed E-state index contributed by atoms with van der Waals surface area (Å²) in [6, 6.07) is 5.76. The Labute approximate surface area is 116 Å². The minimum Gasteiger partial charge on any atom is -0.380 e. The summed E-state index contributed by atoms with van der Waals surface area (Å²) in [5.74, 6) is -0.221. The van der Waals surface area contributed by atoms with Crippen molar-refractivity contribution in [1.82, 2.24) is 5.32 Å². The van der Waals surface area contributed by atoms with Crippen LogP contribution in [0.2, 0.25) is 0 Å². The second-order valence-corrected chi connectivity index (χ2v) is 5.73. The van der Waals surface area contributed by atoms with E-state index in [2.05, 4.69) is 28.2 Å². The van der Waals surface area contributed by atoms with Gasteiger partial charge in [-0.25, -0.2) is 4.39 Å². The highest BCUT2D eigenvalue weighted by molar-refractivity contribution is 9.10. The Morgan fingerprint density at radius 1 is 1.44 bits per heavy atom. The number of ether oxygens (including phenoxy) is 1. The summed E-state index contributed by atoms with van der Waals surface area (Å²) in [5, 5.41) is 3.57. The molecule has 1 aromatic carbocycles. The average Bonchev–Trinajstić information content (AvgIpc) is 2.79. The predicted molar refractivity (Wildman–Crippen MR) is 74.1 cm³/mol. The van der Waals surface area contributed by atoms with E-state index in [4.69, 9.17) is 4.74 Å². The summed E-state index contributed by atoms with van der Waals surface area (Å²) in [5.41, 5.74) is 1.09. The van der Waals surface area contributed by atoms with Crippen LogP contribution in [0, 0.1) is 5.82 Å². The van der Waals surface area contributed by atoms with Crippen molar-refractivity contribution in [3.63, 3.8) is 0 Å². The maximum absolute atomic E-state index is 13.2. The van der Waals surface area contributed by atoms with E-state index in [1.54, 1.807) is 7.11 Å². The molecule has 2 nitrogen and oxygen atoms in total. The van der Waals surface area contributed by atoms with E-state index in [-0.39, 0.29) is 11.9 Å². The monoisotopic (exact) mass is 315 g/mol. The van der Waals surface area contributed by atoms with Gasteiger partial charge >= 0.3 is 0 Å². The molecule has 1 aromatic rings. The van der Waals surface area contributed by atoms with Gasteiger partial charge < -0.3 is 10.1 Å². The molecule has 4 heteroatoms. The molecular formula is C14H19BrFNO. The first kappa shape index (κ1) is 14.0. The fourth-order valence-corrected chi connectivity index (χ4v) is 2.99. The fraction of sp³-hybridized carbons (Fsp3) is 0.571. The molecule has 0 aliphatic heterocycles. The molecule has 1 saturated carbocycles. The zero-order valence-electron chi connectivity index (χ0n) is 10.7. The Balaban J connectivity index is 2.02. The van der Waals surface area contributed by atoms with Gasteiger partial charge in [0.15, 0.2) is 0 Å². The van der Waals surface area contributed by atoms with Gasteiger partial charge in [-0.3, -0.25) is 0 Å². The number of nitrogens with one attached hydrogen (secondary N) is 1. The number of hydrogen-bond acceptors (Lipinski definition) is 2. The van der Waals surface area contributed by atoms with Gasteiger partial charge in [-0.15, -0.1) is 0 Å². The van der Waals surface area contributed by atoms with Crippen molar-refractivity contribution in [2.24, 2.45) is 0 Å². The lowest BCUT2D eigenvalue weighted by molar-refractivity contribution is 0.0819. The molecule has 1 N–H and O–H groups in total. The molecule has 2 rings (SSSR count). The van der Waals surface area contributed by atoms with Crippen molar-refractivity contribution < 1.29 is 9.13 Å². The lowest BCUT2D eigenvalue weighted by Gasteiger charge is -2.24. The zero-order valence-corrected chi connectivity index (χ0v) is 12.3. The highest BCUT2D eigenvalue weighted by Gasteiger charge is 2.28. The number of hydrogen-bond donors (Lipinski definition) is 1. The van der Waals surface area contributed by atoms with Crippen LogP contribution in [0.4, 0.5) is 4.39 Å². The predicted octanol–water partition coefficient (Wildman–Crippen LogP) is 3.81. The van der Waals surface area contributed by atoms with Crippen LogP contribution in [0.5, 0.6) is 0 Å². The third kappa shape index (κ3) is 3.11. The highest BCUT2D eigenvalue weighted by Crippen LogP contribution is 2.26. The van der Waals surface area contributed by atoms with Crippen LogP contribution >= 0.6 is 15.9 Å². The summed E-state index contributed by atoms with van der Waals surface area (Å²) in [7, 11) is 1.77. The quantitative estimate of drug-likeness (QED) is 0.912. The Morgan fingerprint density at radius 3 is 2.89 bits per heavy atom. The standard InChI is InChI=1S/C14H19BrFNO/c1-9(10-6-7-12(16)11(15)8-10)17-13-4-3-5-14(13)18-2/h6-9,13-14,17H,3-5H2,1-2H3. The van der Waals surface area contributed by atoms with E-state index in [0.29, 0.717) is 16.6 Å². The SMILES string of the molecule is COC1CCCC1NC(C)c1ccc(F)c(Br)c1. The van der Waals surface area contributed by atoms with Gasteiger partial charge in [-0.05, 0) is 59.8 Å². The summed E-state index contributed by atoms with van der Waals surface area (Å²) in [6.07, 6.45) is 3.77. The first-order chi connectivity index (χ1) is 8.61. The maximum Gasteiger partial charge on any atom is 0.137 e. The van der Waals surface area contributed by atoms with Crippen molar-refractivity contribution in [2.75, 3.05) is 7.11 Å². The van der Waals surface area contributed by atoms with E-state index in [0.717, 1.165) is 18.4 Å². The van der Waals surface area contributed by atoms with Gasteiger partial charge in [0, 0.05) is 19.2 Å². The lowest BCUT2D eigenvalue weighted by atomic mass is 10.1. The van der Waals surface area contributed by atoms with Crippen LogP contribution in [0.15, 0.2) is 22.7 Å². The van der Waals surface area contributed by atoms with Gasteiger partial charge in [0.1, 0.15) is 5.82 Å². The van der Waals surface area contributed by atoms with Crippen molar-refractivity contribution in [3.8, 4) is 0 Å². The molecule has 0 bridgehead atoms. The molecule has 0 radical (unpaired) electrons. The molecule has 1 aliphatic carbocycles. The summed E-state index contributed by atoms with van der Waals surface area (Å²) < 4.78 is 19.2. The summed E-state index contributed by atoms with van der Waals surface area (Å²) in [4.78, 5) is 0. The van der Waals surface area contributed by atoms with E-state index in [9.17, 15) is 4.39 Å². The normalized spacial score (nSPS) is 25.3. The fourth-order valence-electron chi connectivity index (χ4n) is 2.60. The van der Waals surface area contributed by atoms with Crippen molar-refractivity contribution in [1.29, 1.82) is 0 Å². The molecule has 18 heavy (non-hydrogen) atoms. The second kappa shape index (κ2) is 6.13. The van der Waals surface area contributed by atoms with Crippen LogP contribution in [-0.2, 0) is 4.74 Å². The van der Waals surface area contributed by atoms with Gasteiger partial charge in [-0.1, -0.05) is 6.07 Å². The smallest absolute Gasteiger partial charge is 0.137 e. The van der Waals surface area contributed by atoms with Crippen LogP contribution in [-0.4, -0.2) is 19.3 Å². The van der Waals surface area contributed by atoms with Crippen molar-refractivity contribution >= 4 is 15.9 Å². The summed E-state index contributed by atoms with van der Waals surface area (Å²) >= 11 is 3.23. The Hall–Kier alpha value is -0.450. The number of methoxy groups -OCH3 is 1. The largest absolute Gasteiger partial charge is 0.380 e. The highest BCUT2D eigenvalue weighted by atomic mass is 79.9. The number of rotatable bonds is 4. The lowest BCUT2D eigenvalue weighted by Crippen LogP contribution is -2.38. The van der Waals surface area contributed by atoms with E-state index in [1.165, 1.54) is 12.5 Å². The third-order valence-electron chi connectivity index (χ3n) is 3.66. The third-order valence-corrected chi connectivity index (χ3v) is 4.27. The average molecular weight is 316 g/mol. The van der Waals surface area contributed by atoms with Crippen LogP contribution < -0.4 is 5.32 Å². The molecule has 3 unspecified atom stereocenters. The number of halogens is 2. The van der Waals surface area contributed by atoms with Crippen LogP contribution in [0.1, 0.15) is 37.8 Å². The van der Waals surface area contributed by atoms with Crippen molar-refractivity contribution in [3.05, 3.63) is 34.1 Å². The topological polar surface area (TPSA) is 21.3 Å². The van der Waals surface area contributed by atoms with Crippen molar-refractivity contribution in [2.45, 2.75) is 44.4 Å². The van der Waals surface area contributed by atoms with E-state index >= 15 is 0 Å². The molecular weight excluding hydrogens is 297 g/mol. The molecule has 0 heterocycles. The Morgan fingerprint density at radius 2 is 2.22 bits per heavy atom. The molecule has 100 valence electrons. The first-order valence-electron chi connectivity index (χ1n) is 6.35. The zero-order chi connectivity index (χ0) is 13.1. The van der Waals surface area contributed by atoms with Gasteiger partial charge in [0.2, 0.25) is 0 Å². The molecule has 0 saturated heterocycles. The Kier molecular flexibility index (Phi) is 4.76.